The van der Waals surface area contributed by atoms with Crippen molar-refractivity contribution in [2.75, 3.05) is 47.5 Å². The number of unbranched alkanes of at least 4 members (excludes halogenated alkanes) is 18. The summed E-state index contributed by atoms with van der Waals surface area (Å²) in [5.41, 5.74) is 0. The molecule has 10 heteroatoms. The quantitative estimate of drug-likeness (QED) is 0.0195. The summed E-state index contributed by atoms with van der Waals surface area (Å²) in [5, 5.41) is 0. The molecule has 80 heavy (non-hydrogen) atoms. The Hall–Kier alpha value is -4.11. The second-order valence-electron chi connectivity index (χ2n) is 21.7. The van der Waals surface area contributed by atoms with Crippen molar-refractivity contribution < 1.29 is 42.1 Å². The van der Waals surface area contributed by atoms with E-state index in [1.54, 1.807) is 0 Å². The largest absolute Gasteiger partial charge is 0.756 e. The van der Waals surface area contributed by atoms with Crippen LogP contribution in [0.5, 0.6) is 0 Å². The molecule has 0 saturated heterocycles. The van der Waals surface area contributed by atoms with E-state index in [0.717, 1.165) is 128 Å². The lowest BCUT2D eigenvalue weighted by Crippen LogP contribution is -2.37. The fourth-order valence-electron chi connectivity index (χ4n) is 8.01. The molecule has 2 unspecified atom stereocenters. The van der Waals surface area contributed by atoms with Gasteiger partial charge < -0.3 is 27.9 Å². The van der Waals surface area contributed by atoms with E-state index < -0.39 is 32.5 Å². The van der Waals surface area contributed by atoms with Gasteiger partial charge in [-0.2, -0.15) is 0 Å². The monoisotopic (exact) mass is 1130 g/mol. The van der Waals surface area contributed by atoms with Crippen molar-refractivity contribution in [3.8, 4) is 0 Å². The third kappa shape index (κ3) is 63.1. The minimum atomic E-state index is -4.66. The Labute approximate surface area is 491 Å². The van der Waals surface area contributed by atoms with Gasteiger partial charge in [0, 0.05) is 12.8 Å². The maximum atomic E-state index is 12.8. The SMILES string of the molecule is CC/C=C\C/C=C\C/C=C\C/C=C\C/C=C\C/C=C\C/C=C\C/C=C\C/C=C\CCCCCCCC(=O)OC(COC(=O)CCCCCCCCCC/C=C\C/C=C\C/C=C\CCCCCCC)COP(=O)([O-])OCC[N+](C)(C)C. The lowest BCUT2D eigenvalue weighted by atomic mass is 10.1. The van der Waals surface area contributed by atoms with Crippen LogP contribution in [-0.2, 0) is 32.7 Å². The Morgan fingerprint density at radius 1 is 0.400 bits per heavy atom. The number of allylic oxidation sites excluding steroid dienone is 24. The molecule has 9 nitrogen and oxygen atoms in total. The molecule has 2 atom stereocenters. The zero-order valence-corrected chi connectivity index (χ0v) is 52.4. The fourth-order valence-corrected chi connectivity index (χ4v) is 8.74. The highest BCUT2D eigenvalue weighted by molar-refractivity contribution is 7.45. The van der Waals surface area contributed by atoms with E-state index in [-0.39, 0.29) is 26.1 Å². The zero-order valence-electron chi connectivity index (χ0n) is 51.5. The fraction of sp³-hybridized carbons (Fsp3) is 0.629. The van der Waals surface area contributed by atoms with Gasteiger partial charge >= 0.3 is 11.9 Å². The van der Waals surface area contributed by atoms with E-state index in [1.165, 1.54) is 64.2 Å². The maximum Gasteiger partial charge on any atom is 0.306 e. The molecule has 0 heterocycles. The van der Waals surface area contributed by atoms with Crippen molar-refractivity contribution in [2.24, 2.45) is 0 Å². The number of esters is 2. The van der Waals surface area contributed by atoms with Crippen LogP contribution in [0.4, 0.5) is 0 Å². The Kier molecular flexibility index (Phi) is 56.5. The summed E-state index contributed by atoms with van der Waals surface area (Å²) in [6.07, 6.45) is 87.5. The van der Waals surface area contributed by atoms with E-state index >= 15 is 0 Å². The molecular weight excluding hydrogens is 1010 g/mol. The number of ether oxygens (including phenoxy) is 2. The van der Waals surface area contributed by atoms with E-state index in [4.69, 9.17) is 18.5 Å². The van der Waals surface area contributed by atoms with Crippen LogP contribution in [0.2, 0.25) is 0 Å². The van der Waals surface area contributed by atoms with Gasteiger partial charge in [-0.1, -0.05) is 243 Å². The van der Waals surface area contributed by atoms with Crippen LogP contribution in [0.25, 0.3) is 0 Å². The van der Waals surface area contributed by atoms with Crippen LogP contribution in [0, 0.1) is 0 Å². The highest BCUT2D eigenvalue weighted by atomic mass is 31.2. The van der Waals surface area contributed by atoms with Gasteiger partial charge in [-0.05, 0) is 122 Å². The minimum Gasteiger partial charge on any atom is -0.756 e. The van der Waals surface area contributed by atoms with Crippen molar-refractivity contribution in [3.63, 3.8) is 0 Å². The lowest BCUT2D eigenvalue weighted by Gasteiger charge is -2.28. The first kappa shape index (κ1) is 75.9. The van der Waals surface area contributed by atoms with Crippen molar-refractivity contribution >= 4 is 19.8 Å². The highest BCUT2D eigenvalue weighted by Crippen LogP contribution is 2.38. The molecule has 0 bridgehead atoms. The van der Waals surface area contributed by atoms with Gasteiger partial charge in [-0.15, -0.1) is 0 Å². The number of carbonyl (C=O) groups excluding carboxylic acids is 2. The molecule has 0 fully saturated rings. The molecule has 0 aromatic rings. The van der Waals surface area contributed by atoms with E-state index in [1.807, 2.05) is 21.1 Å². The van der Waals surface area contributed by atoms with Gasteiger partial charge in [0.25, 0.3) is 7.82 Å². The zero-order chi connectivity index (χ0) is 58.4. The van der Waals surface area contributed by atoms with Gasteiger partial charge in [-0.3, -0.25) is 14.2 Å². The Bertz CT molecular complexity index is 1860. The molecule has 0 radical (unpaired) electrons. The molecule has 0 saturated carbocycles. The lowest BCUT2D eigenvalue weighted by molar-refractivity contribution is -0.870. The first-order valence-corrected chi connectivity index (χ1v) is 33.0. The maximum absolute atomic E-state index is 12.8. The summed E-state index contributed by atoms with van der Waals surface area (Å²) in [7, 11) is 1.13. The molecular formula is C70H116NO8P. The van der Waals surface area contributed by atoms with Gasteiger partial charge in [0.15, 0.2) is 6.10 Å². The molecule has 0 aliphatic heterocycles. The normalized spacial score (nSPS) is 14.2. The first-order chi connectivity index (χ1) is 39.0. The van der Waals surface area contributed by atoms with Crippen molar-refractivity contribution in [1.82, 2.24) is 0 Å². The molecule has 454 valence electrons. The number of nitrogens with zero attached hydrogens (tertiary/aromatic N) is 1. The van der Waals surface area contributed by atoms with Crippen LogP contribution >= 0.6 is 7.82 Å². The van der Waals surface area contributed by atoms with Crippen molar-refractivity contribution in [1.29, 1.82) is 0 Å². The molecule has 0 rings (SSSR count). The molecule has 0 aromatic carbocycles. The summed E-state index contributed by atoms with van der Waals surface area (Å²) in [6, 6.07) is 0. The molecule has 0 aliphatic carbocycles. The van der Waals surface area contributed by atoms with Crippen LogP contribution in [0.3, 0.4) is 0 Å². The van der Waals surface area contributed by atoms with Crippen LogP contribution in [0.1, 0.15) is 232 Å². The second-order valence-corrected chi connectivity index (χ2v) is 23.1. The van der Waals surface area contributed by atoms with E-state index in [9.17, 15) is 19.0 Å². The predicted molar refractivity (Wildman–Crippen MR) is 341 cm³/mol. The summed E-state index contributed by atoms with van der Waals surface area (Å²) < 4.78 is 34.2. The smallest absolute Gasteiger partial charge is 0.306 e. The van der Waals surface area contributed by atoms with Crippen molar-refractivity contribution in [2.45, 2.75) is 238 Å². The molecule has 0 spiro atoms. The first-order valence-electron chi connectivity index (χ1n) is 31.5. The van der Waals surface area contributed by atoms with E-state index in [0.29, 0.717) is 23.9 Å². The highest BCUT2D eigenvalue weighted by Gasteiger charge is 2.22. The third-order valence-electron chi connectivity index (χ3n) is 12.8. The van der Waals surface area contributed by atoms with Crippen LogP contribution in [0.15, 0.2) is 146 Å². The van der Waals surface area contributed by atoms with Crippen LogP contribution in [-0.4, -0.2) is 70.0 Å². The summed E-state index contributed by atoms with van der Waals surface area (Å²) in [4.78, 5) is 38.0. The minimum absolute atomic E-state index is 0.0447. The van der Waals surface area contributed by atoms with Crippen LogP contribution < -0.4 is 4.89 Å². The molecule has 0 N–H and O–H groups in total. The number of carbonyl (C=O) groups is 2. The number of quaternary nitrogens is 1. The standard InChI is InChI=1S/C70H116NO8P/c1-6-8-10-12-14-16-18-20-22-24-26-28-30-31-32-33-34-35-36-37-38-39-41-43-45-47-49-51-53-55-57-59-61-63-70(73)79-68(67-78-80(74,75)77-65-64-71(3,4)5)66-76-69(72)62-60-58-56-54-52-50-48-46-44-42-40-29-27-25-23-21-19-17-15-13-11-9-7-2/h8,10,14,16,19-22,25-28,31-32,34-35,37-38,40-43,47,49,68H,6-7,9,11-13,15,17-18,23-24,29-30,33,36,39,44-46,48,50-67H2,1-5H3/b10-8-,16-14-,21-19-,22-20-,27-25-,28-26-,32-31-,35-34-,38-37-,42-40-,43-41-,49-47-. The third-order valence-corrected chi connectivity index (χ3v) is 13.8. The van der Waals surface area contributed by atoms with Crippen molar-refractivity contribution in [3.05, 3.63) is 146 Å². The predicted octanol–water partition coefficient (Wildman–Crippen LogP) is 19.6. The number of likely N-dealkylation sites (N-methyl/N-ethyl adjacent to an activating group) is 1. The Morgan fingerprint density at radius 2 is 0.713 bits per heavy atom. The molecule has 0 aliphatic rings. The average molecular weight is 1130 g/mol. The average Bonchev–Trinajstić information content (AvgIpc) is 3.42. The summed E-state index contributed by atoms with van der Waals surface area (Å²) in [6.45, 7) is 4.07. The second kappa shape index (κ2) is 59.5. The van der Waals surface area contributed by atoms with Gasteiger partial charge in [0.2, 0.25) is 0 Å². The summed E-state index contributed by atoms with van der Waals surface area (Å²) >= 11 is 0. The van der Waals surface area contributed by atoms with Gasteiger partial charge in [0.1, 0.15) is 19.8 Å². The van der Waals surface area contributed by atoms with Gasteiger partial charge in [-0.25, -0.2) is 0 Å². The summed E-state index contributed by atoms with van der Waals surface area (Å²) in [5.74, 6) is -0.873. The number of rotatable bonds is 56. The topological polar surface area (TPSA) is 111 Å². The Balaban J connectivity index is 4.25. The number of phosphoric acid groups is 1. The molecule has 0 amide bonds. The van der Waals surface area contributed by atoms with Gasteiger partial charge in [0.05, 0.1) is 27.7 Å². The Morgan fingerprint density at radius 3 is 1.06 bits per heavy atom. The molecule has 0 aromatic heterocycles. The number of hydrogen-bond donors (Lipinski definition) is 0. The number of phosphoric ester groups is 1. The van der Waals surface area contributed by atoms with E-state index in [2.05, 4.69) is 160 Å². The number of hydrogen-bond acceptors (Lipinski definition) is 8.